The van der Waals surface area contributed by atoms with Gasteiger partial charge in [-0.2, -0.15) is 31.3 Å². The summed E-state index contributed by atoms with van der Waals surface area (Å²) in [5.74, 6) is -1.08. The van der Waals surface area contributed by atoms with E-state index >= 15 is 0 Å². The van der Waals surface area contributed by atoms with E-state index in [0.717, 1.165) is 18.2 Å². The van der Waals surface area contributed by atoms with Crippen LogP contribution in [0.3, 0.4) is 0 Å². The van der Waals surface area contributed by atoms with Crippen molar-refractivity contribution in [2.45, 2.75) is 18.8 Å². The van der Waals surface area contributed by atoms with E-state index in [4.69, 9.17) is 0 Å². The number of hydrogen-bond donors (Lipinski definition) is 2. The number of carbonyl (C=O) groups excluding carboxylic acids is 1. The Bertz CT molecular complexity index is 968. The average Bonchev–Trinajstić information content (AvgIpc) is 2.69. The number of alkyl halides is 6. The van der Waals surface area contributed by atoms with E-state index in [1.807, 2.05) is 0 Å². The zero-order valence-electron chi connectivity index (χ0n) is 16.4. The molecule has 0 bridgehead atoms. The lowest BCUT2D eigenvalue weighted by atomic mass is 10.3. The van der Waals surface area contributed by atoms with Gasteiger partial charge in [-0.1, -0.05) is 0 Å². The topological polar surface area (TPSA) is 129 Å². The number of hydrogen-bond acceptors (Lipinski definition) is 7. The largest absolute Gasteiger partial charge is 0.468 e. The number of carbonyl (C=O) groups is 1. The lowest BCUT2D eigenvalue weighted by Crippen LogP contribution is -2.23. The molecule has 0 saturated heterocycles. The fourth-order valence-electron chi connectivity index (χ4n) is 2.18. The summed E-state index contributed by atoms with van der Waals surface area (Å²) in [4.78, 5) is 29.5. The van der Waals surface area contributed by atoms with Crippen molar-refractivity contribution in [1.82, 2.24) is 9.97 Å². The minimum atomic E-state index is -4.69. The summed E-state index contributed by atoms with van der Waals surface area (Å²) < 4.78 is 82.6. The molecule has 10 nitrogen and oxygen atoms in total. The van der Waals surface area contributed by atoms with Crippen molar-refractivity contribution in [2.75, 3.05) is 30.5 Å². The molecule has 0 saturated carbocycles. The maximum absolute atomic E-state index is 12.4. The van der Waals surface area contributed by atoms with Crippen LogP contribution >= 0.6 is 0 Å². The Labute approximate surface area is 181 Å². The van der Waals surface area contributed by atoms with Crippen LogP contribution in [-0.4, -0.2) is 53.1 Å². The van der Waals surface area contributed by atoms with E-state index in [2.05, 4.69) is 30.1 Å². The van der Waals surface area contributed by atoms with Crippen LogP contribution in [0.15, 0.2) is 30.3 Å². The van der Waals surface area contributed by atoms with Gasteiger partial charge in [-0.25, -0.2) is 9.78 Å². The lowest BCUT2D eigenvalue weighted by Gasteiger charge is -2.12. The molecule has 0 aliphatic heterocycles. The number of halogens is 6. The number of benzene rings is 1. The van der Waals surface area contributed by atoms with Crippen molar-refractivity contribution >= 4 is 23.4 Å². The van der Waals surface area contributed by atoms with Gasteiger partial charge in [0.1, 0.15) is 6.61 Å². The Morgan fingerprint density at radius 3 is 2.21 bits per heavy atom. The molecular formula is C17H15F6N5O5. The second-order valence-corrected chi connectivity index (χ2v) is 6.23. The second kappa shape index (κ2) is 10.8. The summed E-state index contributed by atoms with van der Waals surface area (Å²) in [5.41, 5.74) is -0.144. The van der Waals surface area contributed by atoms with Crippen LogP contribution in [0.5, 0.6) is 5.88 Å². The second-order valence-electron chi connectivity index (χ2n) is 6.23. The van der Waals surface area contributed by atoms with E-state index in [0.29, 0.717) is 0 Å². The predicted octanol–water partition coefficient (Wildman–Crippen LogP) is 4.09. The standard InChI is InChI=1S/C17H15F6N5O5/c18-16(19,20)8-32-6-5-11-7-13(33-9-17(21,22)23)26-14(24-11)27-15(29)25-10-1-3-12(4-2-10)28(30)31/h1-4,7H,5-6,8-9H2,(H2,24,25,26,27,29). The van der Waals surface area contributed by atoms with Crippen LogP contribution in [0.2, 0.25) is 0 Å². The molecule has 16 heteroatoms. The number of ether oxygens (including phenoxy) is 2. The first-order chi connectivity index (χ1) is 15.3. The lowest BCUT2D eigenvalue weighted by molar-refractivity contribution is -0.384. The van der Waals surface area contributed by atoms with Gasteiger partial charge in [0.2, 0.25) is 11.8 Å². The SMILES string of the molecule is O=C(Nc1ccc([N+](=O)[O-])cc1)Nc1nc(CCOCC(F)(F)F)cc(OCC(F)(F)F)n1. The molecule has 0 spiro atoms. The van der Waals surface area contributed by atoms with Crippen molar-refractivity contribution in [3.05, 3.63) is 46.1 Å². The molecule has 1 aromatic heterocycles. The number of nitro benzene ring substituents is 1. The molecule has 0 aliphatic rings. The third kappa shape index (κ3) is 9.98. The van der Waals surface area contributed by atoms with Gasteiger partial charge in [0, 0.05) is 30.3 Å². The number of nitrogens with one attached hydrogen (secondary N) is 2. The average molecular weight is 483 g/mol. The molecule has 33 heavy (non-hydrogen) atoms. The van der Waals surface area contributed by atoms with Crippen LogP contribution in [0.4, 0.5) is 48.5 Å². The molecule has 0 fully saturated rings. The molecule has 0 radical (unpaired) electrons. The van der Waals surface area contributed by atoms with Crippen LogP contribution in [0, 0.1) is 10.1 Å². The summed E-state index contributed by atoms with van der Waals surface area (Å²) in [6.07, 6.45) is -9.50. The molecule has 180 valence electrons. The molecule has 1 aromatic carbocycles. The molecule has 0 unspecified atom stereocenters. The molecule has 2 amide bonds. The molecule has 2 rings (SSSR count). The third-order valence-corrected chi connectivity index (χ3v) is 3.47. The number of rotatable bonds is 9. The Hall–Kier alpha value is -3.69. The summed E-state index contributed by atoms with van der Waals surface area (Å²) in [6.45, 7) is -3.70. The Morgan fingerprint density at radius 2 is 1.64 bits per heavy atom. The van der Waals surface area contributed by atoms with Gasteiger partial charge in [0.05, 0.1) is 17.2 Å². The monoisotopic (exact) mass is 483 g/mol. The van der Waals surface area contributed by atoms with Gasteiger partial charge >= 0.3 is 18.4 Å². The quantitative estimate of drug-likeness (QED) is 0.238. The highest BCUT2D eigenvalue weighted by molar-refractivity contribution is 5.98. The molecular weight excluding hydrogens is 468 g/mol. The first-order valence-corrected chi connectivity index (χ1v) is 8.85. The van der Waals surface area contributed by atoms with Crippen molar-refractivity contribution in [3.8, 4) is 5.88 Å². The Kier molecular flexibility index (Phi) is 8.33. The first kappa shape index (κ1) is 25.6. The van der Waals surface area contributed by atoms with E-state index in [1.165, 1.54) is 12.1 Å². The fraction of sp³-hybridized carbons (Fsp3) is 0.353. The Balaban J connectivity index is 2.08. The third-order valence-electron chi connectivity index (χ3n) is 3.47. The summed E-state index contributed by atoms with van der Waals surface area (Å²) >= 11 is 0. The molecule has 0 atom stereocenters. The number of nitro groups is 1. The van der Waals surface area contributed by atoms with E-state index < -0.39 is 55.0 Å². The van der Waals surface area contributed by atoms with Crippen molar-refractivity contribution in [1.29, 1.82) is 0 Å². The minimum Gasteiger partial charge on any atom is -0.468 e. The highest BCUT2D eigenvalue weighted by atomic mass is 19.4. The smallest absolute Gasteiger partial charge is 0.422 e. The van der Waals surface area contributed by atoms with Gasteiger partial charge in [0.25, 0.3) is 5.69 Å². The number of amides is 2. The fourth-order valence-corrected chi connectivity index (χ4v) is 2.18. The van der Waals surface area contributed by atoms with Gasteiger partial charge in [-0.15, -0.1) is 0 Å². The van der Waals surface area contributed by atoms with Crippen LogP contribution in [-0.2, 0) is 11.2 Å². The zero-order chi connectivity index (χ0) is 24.6. The summed E-state index contributed by atoms with van der Waals surface area (Å²) in [7, 11) is 0. The molecule has 2 aromatic rings. The van der Waals surface area contributed by atoms with Gasteiger partial charge in [-0.05, 0) is 12.1 Å². The summed E-state index contributed by atoms with van der Waals surface area (Å²) in [5, 5.41) is 15.1. The van der Waals surface area contributed by atoms with Crippen LogP contribution < -0.4 is 15.4 Å². The van der Waals surface area contributed by atoms with Crippen molar-refractivity contribution in [2.24, 2.45) is 0 Å². The van der Waals surface area contributed by atoms with Gasteiger partial charge in [0.15, 0.2) is 6.61 Å². The molecule has 2 N–H and O–H groups in total. The maximum Gasteiger partial charge on any atom is 0.422 e. The van der Waals surface area contributed by atoms with Crippen LogP contribution in [0.1, 0.15) is 5.69 Å². The van der Waals surface area contributed by atoms with Crippen LogP contribution in [0.25, 0.3) is 0 Å². The van der Waals surface area contributed by atoms with Crippen molar-refractivity contribution in [3.63, 3.8) is 0 Å². The Morgan fingerprint density at radius 1 is 1.00 bits per heavy atom. The number of non-ortho nitro benzene ring substituents is 1. The van der Waals surface area contributed by atoms with Gasteiger partial charge in [-0.3, -0.25) is 15.4 Å². The first-order valence-electron chi connectivity index (χ1n) is 8.85. The highest BCUT2D eigenvalue weighted by Gasteiger charge is 2.29. The zero-order valence-corrected chi connectivity index (χ0v) is 16.4. The van der Waals surface area contributed by atoms with E-state index in [-0.39, 0.29) is 23.5 Å². The van der Waals surface area contributed by atoms with Crippen molar-refractivity contribution < 1.29 is 45.5 Å². The molecule has 1 heterocycles. The summed E-state index contributed by atoms with van der Waals surface area (Å²) in [6, 6.07) is 4.71. The molecule has 0 aliphatic carbocycles. The normalized spacial score (nSPS) is 11.7. The minimum absolute atomic E-state index is 0.0602. The van der Waals surface area contributed by atoms with E-state index in [9.17, 15) is 41.3 Å². The maximum atomic E-state index is 12.4. The van der Waals surface area contributed by atoms with E-state index in [1.54, 1.807) is 0 Å². The van der Waals surface area contributed by atoms with Gasteiger partial charge < -0.3 is 14.8 Å². The predicted molar refractivity (Wildman–Crippen MR) is 99.9 cm³/mol. The number of anilines is 2. The number of urea groups is 1. The number of nitrogens with zero attached hydrogens (tertiary/aromatic N) is 3. The highest BCUT2D eigenvalue weighted by Crippen LogP contribution is 2.20. The number of aromatic nitrogens is 2.